The van der Waals surface area contributed by atoms with Crippen molar-refractivity contribution in [3.05, 3.63) is 84.2 Å². The molecule has 1 amide bonds. The third kappa shape index (κ3) is 4.99. The summed E-state index contributed by atoms with van der Waals surface area (Å²) in [6.07, 6.45) is 0. The molecule has 4 aromatic rings. The minimum Gasteiger partial charge on any atom is -0.497 e. The van der Waals surface area contributed by atoms with Crippen molar-refractivity contribution in [3.8, 4) is 17.2 Å². The van der Waals surface area contributed by atoms with Crippen LogP contribution in [0.15, 0.2) is 82.1 Å². The standard InChI is InChI=1S/C22H17FN4O5S/c1-31-16-6-4-5-14(13-16)21-25-26-22(32-21)24-20(28)18-7-2-3-8-19(18)27-33(29,30)17-11-9-15(23)10-12-17/h2-13,27H,1H3,(H,24,26,28). The van der Waals surface area contributed by atoms with Crippen molar-refractivity contribution in [1.82, 2.24) is 10.2 Å². The second-order valence-corrected chi connectivity index (χ2v) is 8.39. The van der Waals surface area contributed by atoms with Gasteiger partial charge < -0.3 is 9.15 Å². The molecule has 0 saturated heterocycles. The predicted molar refractivity (Wildman–Crippen MR) is 118 cm³/mol. The lowest BCUT2D eigenvalue weighted by Crippen LogP contribution is -2.18. The number of nitrogens with zero attached hydrogens (tertiary/aromatic N) is 2. The highest BCUT2D eigenvalue weighted by Gasteiger charge is 2.20. The minimum absolute atomic E-state index is 0.0179. The summed E-state index contributed by atoms with van der Waals surface area (Å²) in [5, 5.41) is 10.2. The first-order chi connectivity index (χ1) is 15.9. The van der Waals surface area contributed by atoms with Gasteiger partial charge in [-0.25, -0.2) is 12.8 Å². The van der Waals surface area contributed by atoms with E-state index in [2.05, 4.69) is 20.2 Å². The van der Waals surface area contributed by atoms with Gasteiger partial charge in [-0.15, -0.1) is 5.10 Å². The van der Waals surface area contributed by atoms with E-state index < -0.39 is 21.7 Å². The Morgan fingerprint density at radius 2 is 1.76 bits per heavy atom. The zero-order valence-electron chi connectivity index (χ0n) is 17.2. The van der Waals surface area contributed by atoms with Crippen LogP contribution in [0.2, 0.25) is 0 Å². The molecule has 0 radical (unpaired) electrons. The SMILES string of the molecule is COc1cccc(-c2nnc(NC(=O)c3ccccc3NS(=O)(=O)c3ccc(F)cc3)o2)c1. The average Bonchev–Trinajstić information content (AvgIpc) is 3.28. The molecule has 2 N–H and O–H groups in total. The van der Waals surface area contributed by atoms with Crippen LogP contribution in [-0.2, 0) is 10.0 Å². The topological polar surface area (TPSA) is 123 Å². The number of halogens is 1. The van der Waals surface area contributed by atoms with Gasteiger partial charge in [-0.1, -0.05) is 23.3 Å². The van der Waals surface area contributed by atoms with Gasteiger partial charge in [-0.05, 0) is 54.6 Å². The number of nitrogens with one attached hydrogen (secondary N) is 2. The van der Waals surface area contributed by atoms with E-state index in [0.29, 0.717) is 11.3 Å². The maximum Gasteiger partial charge on any atom is 0.322 e. The highest BCUT2D eigenvalue weighted by Crippen LogP contribution is 2.25. The van der Waals surface area contributed by atoms with Crippen molar-refractivity contribution in [1.29, 1.82) is 0 Å². The monoisotopic (exact) mass is 468 g/mol. The molecular formula is C22H17FN4O5S. The van der Waals surface area contributed by atoms with E-state index in [1.165, 1.54) is 19.2 Å². The molecule has 0 unspecified atom stereocenters. The number of carbonyl (C=O) groups excluding carboxylic acids is 1. The summed E-state index contributed by atoms with van der Waals surface area (Å²) in [4.78, 5) is 12.7. The van der Waals surface area contributed by atoms with E-state index in [4.69, 9.17) is 9.15 Å². The van der Waals surface area contributed by atoms with Crippen molar-refractivity contribution in [2.45, 2.75) is 4.90 Å². The van der Waals surface area contributed by atoms with Crippen LogP contribution in [0.25, 0.3) is 11.5 Å². The Morgan fingerprint density at radius 3 is 2.52 bits per heavy atom. The molecule has 1 aromatic heterocycles. The third-order valence-corrected chi connectivity index (χ3v) is 5.88. The quantitative estimate of drug-likeness (QED) is 0.421. The van der Waals surface area contributed by atoms with E-state index in [1.54, 1.807) is 36.4 Å². The number of hydrogen-bond donors (Lipinski definition) is 2. The van der Waals surface area contributed by atoms with E-state index in [0.717, 1.165) is 24.3 Å². The number of amides is 1. The van der Waals surface area contributed by atoms with Gasteiger partial charge in [0.25, 0.3) is 15.9 Å². The number of anilines is 2. The Kier molecular flexibility index (Phi) is 6.05. The van der Waals surface area contributed by atoms with E-state index >= 15 is 0 Å². The molecule has 0 aliphatic carbocycles. The van der Waals surface area contributed by atoms with E-state index in [1.807, 2.05) is 0 Å². The average molecular weight is 468 g/mol. The van der Waals surface area contributed by atoms with Crippen LogP contribution in [0.1, 0.15) is 10.4 Å². The van der Waals surface area contributed by atoms with Gasteiger partial charge in [0.2, 0.25) is 5.89 Å². The van der Waals surface area contributed by atoms with Crippen LogP contribution in [0.5, 0.6) is 5.75 Å². The van der Waals surface area contributed by atoms with Crippen LogP contribution in [0.4, 0.5) is 16.1 Å². The number of sulfonamides is 1. The molecule has 0 spiro atoms. The summed E-state index contributed by atoms with van der Waals surface area (Å²) in [5.41, 5.74) is 0.631. The van der Waals surface area contributed by atoms with Crippen LogP contribution >= 0.6 is 0 Å². The molecule has 0 aliphatic rings. The van der Waals surface area contributed by atoms with Gasteiger partial charge in [-0.3, -0.25) is 14.8 Å². The number of carbonyl (C=O) groups is 1. The molecule has 168 valence electrons. The molecule has 33 heavy (non-hydrogen) atoms. The summed E-state index contributed by atoms with van der Waals surface area (Å²) in [5.74, 6) is -0.483. The fraction of sp³-hybridized carbons (Fsp3) is 0.0455. The molecule has 4 rings (SSSR count). The second kappa shape index (κ2) is 9.09. The molecule has 0 saturated carbocycles. The molecule has 3 aromatic carbocycles. The molecule has 9 nitrogen and oxygen atoms in total. The Balaban J connectivity index is 1.54. The zero-order valence-corrected chi connectivity index (χ0v) is 18.0. The summed E-state index contributed by atoms with van der Waals surface area (Å²) in [6, 6.07) is 17.1. The number of para-hydroxylation sites is 1. The van der Waals surface area contributed by atoms with Crippen LogP contribution < -0.4 is 14.8 Å². The Bertz CT molecular complexity index is 1400. The zero-order chi connectivity index (χ0) is 23.4. The fourth-order valence-electron chi connectivity index (χ4n) is 2.90. The van der Waals surface area contributed by atoms with Crippen molar-refractivity contribution < 1.29 is 26.8 Å². The van der Waals surface area contributed by atoms with Crippen molar-refractivity contribution in [2.75, 3.05) is 17.1 Å². The molecule has 0 aliphatic heterocycles. The number of ether oxygens (including phenoxy) is 1. The van der Waals surface area contributed by atoms with Gasteiger partial charge in [0.1, 0.15) is 11.6 Å². The Hall–Kier alpha value is -4.25. The predicted octanol–water partition coefficient (Wildman–Crippen LogP) is 3.94. The van der Waals surface area contributed by atoms with E-state index in [9.17, 15) is 17.6 Å². The minimum atomic E-state index is -4.06. The number of benzene rings is 3. The molecule has 11 heteroatoms. The summed E-state index contributed by atoms with van der Waals surface area (Å²) < 4.78 is 51.4. The second-order valence-electron chi connectivity index (χ2n) is 6.70. The van der Waals surface area contributed by atoms with Gasteiger partial charge >= 0.3 is 6.01 Å². The smallest absolute Gasteiger partial charge is 0.322 e. The van der Waals surface area contributed by atoms with Crippen LogP contribution in [0, 0.1) is 5.82 Å². The number of methoxy groups -OCH3 is 1. The lowest BCUT2D eigenvalue weighted by Gasteiger charge is -2.12. The fourth-order valence-corrected chi connectivity index (χ4v) is 3.98. The van der Waals surface area contributed by atoms with Crippen molar-refractivity contribution in [2.24, 2.45) is 0 Å². The van der Waals surface area contributed by atoms with Crippen LogP contribution in [0.3, 0.4) is 0 Å². The van der Waals surface area contributed by atoms with Crippen molar-refractivity contribution >= 4 is 27.6 Å². The normalized spacial score (nSPS) is 11.1. The van der Waals surface area contributed by atoms with Gasteiger partial charge in [-0.2, -0.15) is 0 Å². The third-order valence-electron chi connectivity index (χ3n) is 4.50. The summed E-state index contributed by atoms with van der Waals surface area (Å²) >= 11 is 0. The number of hydrogen-bond acceptors (Lipinski definition) is 7. The Labute approximate surface area is 188 Å². The lowest BCUT2D eigenvalue weighted by atomic mass is 10.2. The highest BCUT2D eigenvalue weighted by atomic mass is 32.2. The molecule has 0 atom stereocenters. The van der Waals surface area contributed by atoms with E-state index in [-0.39, 0.29) is 28.1 Å². The first kappa shape index (κ1) is 22.0. The summed E-state index contributed by atoms with van der Waals surface area (Å²) in [7, 11) is -2.53. The Morgan fingerprint density at radius 1 is 1.00 bits per heavy atom. The first-order valence-electron chi connectivity index (χ1n) is 9.52. The first-order valence-corrected chi connectivity index (χ1v) is 11.0. The number of rotatable bonds is 7. The van der Waals surface area contributed by atoms with Crippen molar-refractivity contribution in [3.63, 3.8) is 0 Å². The highest BCUT2D eigenvalue weighted by molar-refractivity contribution is 7.92. The number of aromatic nitrogens is 2. The molecule has 0 fully saturated rings. The molecule has 1 heterocycles. The largest absolute Gasteiger partial charge is 0.497 e. The van der Waals surface area contributed by atoms with Crippen LogP contribution in [-0.4, -0.2) is 31.6 Å². The maximum atomic E-state index is 13.1. The van der Waals surface area contributed by atoms with Gasteiger partial charge in [0.05, 0.1) is 23.3 Å². The van der Waals surface area contributed by atoms with Gasteiger partial charge in [0, 0.05) is 5.56 Å². The lowest BCUT2D eigenvalue weighted by molar-refractivity contribution is 0.102. The summed E-state index contributed by atoms with van der Waals surface area (Å²) in [6.45, 7) is 0. The maximum absolute atomic E-state index is 13.1. The van der Waals surface area contributed by atoms with Gasteiger partial charge in [0.15, 0.2) is 0 Å². The molecule has 0 bridgehead atoms. The molecular weight excluding hydrogens is 451 g/mol.